The van der Waals surface area contributed by atoms with Gasteiger partial charge in [-0.1, -0.05) is 47.6 Å². The highest BCUT2D eigenvalue weighted by atomic mass is 16.4. The molecule has 0 unspecified atom stereocenters. The number of hydrogen-bond acceptors (Lipinski definition) is 3. The smallest absolute Gasteiger partial charge is 0.328 e. The van der Waals surface area contributed by atoms with Crippen LogP contribution in [-0.4, -0.2) is 24.4 Å². The molecule has 28 heavy (non-hydrogen) atoms. The molecule has 0 saturated carbocycles. The number of nitrogens with one attached hydrogen (secondary N) is 1. The SMILES string of the molecule is C/C=C\C(=C/C)CCC=O.CNc1cc(/C=C/C(=O)O)ccc1CC=C(C)C. The first-order valence-corrected chi connectivity index (χ1v) is 9.44. The lowest BCUT2D eigenvalue weighted by atomic mass is 10.0. The summed E-state index contributed by atoms with van der Waals surface area (Å²) in [7, 11) is 1.87. The molecule has 0 aliphatic carbocycles. The van der Waals surface area contributed by atoms with Gasteiger partial charge in [-0.05, 0) is 63.8 Å². The molecule has 0 bridgehead atoms. The van der Waals surface area contributed by atoms with Crippen LogP contribution in [0.3, 0.4) is 0 Å². The maximum absolute atomic E-state index is 10.5. The number of anilines is 1. The summed E-state index contributed by atoms with van der Waals surface area (Å²) in [6.07, 6.45) is 14.3. The summed E-state index contributed by atoms with van der Waals surface area (Å²) in [4.78, 5) is 20.4. The molecular weight excluding hydrogens is 350 g/mol. The van der Waals surface area contributed by atoms with E-state index in [1.165, 1.54) is 16.7 Å². The van der Waals surface area contributed by atoms with Crippen LogP contribution in [0.25, 0.3) is 6.08 Å². The Labute approximate surface area is 169 Å². The summed E-state index contributed by atoms with van der Waals surface area (Å²) in [5, 5.41) is 11.7. The predicted octanol–water partition coefficient (Wildman–Crippen LogP) is 5.82. The summed E-state index contributed by atoms with van der Waals surface area (Å²) in [6, 6.07) is 5.90. The van der Waals surface area contributed by atoms with Crippen LogP contribution in [0.2, 0.25) is 0 Å². The van der Waals surface area contributed by atoms with Crippen LogP contribution >= 0.6 is 0 Å². The Kier molecular flexibility index (Phi) is 13.6. The Morgan fingerprint density at radius 3 is 2.39 bits per heavy atom. The molecule has 1 aromatic rings. The zero-order chi connectivity index (χ0) is 21.4. The fourth-order valence-electron chi connectivity index (χ4n) is 2.35. The topological polar surface area (TPSA) is 66.4 Å². The molecule has 0 amide bonds. The van der Waals surface area contributed by atoms with Gasteiger partial charge >= 0.3 is 5.97 Å². The molecule has 0 aliphatic heterocycles. The zero-order valence-electron chi connectivity index (χ0n) is 17.7. The first kappa shape index (κ1) is 25.1. The van der Waals surface area contributed by atoms with Gasteiger partial charge in [-0.25, -0.2) is 4.79 Å². The minimum atomic E-state index is -0.936. The number of allylic oxidation sites excluding steroid dienone is 6. The molecule has 2 N–H and O–H groups in total. The van der Waals surface area contributed by atoms with Crippen molar-refractivity contribution < 1.29 is 14.7 Å². The van der Waals surface area contributed by atoms with Crippen molar-refractivity contribution in [2.75, 3.05) is 12.4 Å². The van der Waals surface area contributed by atoms with Crippen LogP contribution in [0.5, 0.6) is 0 Å². The van der Waals surface area contributed by atoms with E-state index in [1.807, 2.05) is 57.3 Å². The third-order valence-electron chi connectivity index (χ3n) is 3.85. The standard InChI is InChI=1S/C15H19NO2.C9H14O/c1-11(2)4-7-13-8-5-12(6-9-15(17)18)10-14(13)16-3;1-3-6-9(4-2)7-5-8-10/h4-6,8-10,16H,7H2,1-3H3,(H,17,18);3-4,6,8H,5,7H2,1-2H3/b9-6+;6-3-,9-4+. The molecule has 0 heterocycles. The lowest BCUT2D eigenvalue weighted by molar-refractivity contribution is -0.131. The molecule has 1 aromatic carbocycles. The quantitative estimate of drug-likeness (QED) is 0.244. The van der Waals surface area contributed by atoms with Gasteiger partial charge in [0.2, 0.25) is 0 Å². The summed E-state index contributed by atoms with van der Waals surface area (Å²) in [6.45, 7) is 8.11. The van der Waals surface area contributed by atoms with Crippen LogP contribution in [0.15, 0.2) is 59.7 Å². The highest BCUT2D eigenvalue weighted by molar-refractivity contribution is 5.85. The number of carbonyl (C=O) groups is 2. The summed E-state index contributed by atoms with van der Waals surface area (Å²) >= 11 is 0. The maximum atomic E-state index is 10.5. The third kappa shape index (κ3) is 11.7. The van der Waals surface area contributed by atoms with Gasteiger partial charge < -0.3 is 15.2 Å². The molecule has 4 heteroatoms. The Morgan fingerprint density at radius 2 is 1.89 bits per heavy atom. The zero-order valence-corrected chi connectivity index (χ0v) is 17.7. The van der Waals surface area contributed by atoms with Gasteiger partial charge in [0.05, 0.1) is 0 Å². The molecule has 1 rings (SSSR count). The van der Waals surface area contributed by atoms with Crippen molar-refractivity contribution in [3.8, 4) is 0 Å². The van der Waals surface area contributed by atoms with Crippen molar-refractivity contribution in [3.05, 3.63) is 70.9 Å². The van der Waals surface area contributed by atoms with Gasteiger partial charge in [0.25, 0.3) is 0 Å². The number of carboxylic acid groups (broad SMARTS) is 1. The molecule has 4 nitrogen and oxygen atoms in total. The van der Waals surface area contributed by atoms with Crippen LogP contribution in [0.4, 0.5) is 5.69 Å². The van der Waals surface area contributed by atoms with Crippen LogP contribution in [0.1, 0.15) is 51.7 Å². The maximum Gasteiger partial charge on any atom is 0.328 e. The summed E-state index contributed by atoms with van der Waals surface area (Å²) in [5.74, 6) is -0.936. The monoisotopic (exact) mass is 383 g/mol. The van der Waals surface area contributed by atoms with Gasteiger partial charge in [-0.2, -0.15) is 0 Å². The lowest BCUT2D eigenvalue weighted by Gasteiger charge is -2.08. The van der Waals surface area contributed by atoms with Crippen molar-refractivity contribution >= 4 is 24.0 Å². The number of aliphatic carboxylic acids is 1. The average molecular weight is 384 g/mol. The molecule has 0 aliphatic rings. The molecular formula is C24H33NO3. The van der Waals surface area contributed by atoms with Gasteiger partial charge in [0, 0.05) is 25.2 Å². The number of benzene rings is 1. The average Bonchev–Trinajstić information content (AvgIpc) is 2.68. The normalized spacial score (nSPS) is 11.1. The van der Waals surface area contributed by atoms with E-state index in [-0.39, 0.29) is 0 Å². The van der Waals surface area contributed by atoms with E-state index in [0.29, 0.717) is 6.42 Å². The van der Waals surface area contributed by atoms with Crippen LogP contribution in [0, 0.1) is 0 Å². The highest BCUT2D eigenvalue weighted by Crippen LogP contribution is 2.19. The Balaban J connectivity index is 0.000000621. The summed E-state index contributed by atoms with van der Waals surface area (Å²) in [5.41, 5.74) is 5.62. The molecule has 0 aromatic heterocycles. The minimum Gasteiger partial charge on any atom is -0.478 e. The highest BCUT2D eigenvalue weighted by Gasteiger charge is 2.00. The number of aldehydes is 1. The Morgan fingerprint density at radius 1 is 1.18 bits per heavy atom. The molecule has 0 radical (unpaired) electrons. The minimum absolute atomic E-state index is 0.629. The van der Waals surface area contributed by atoms with E-state index >= 15 is 0 Å². The fourth-order valence-corrected chi connectivity index (χ4v) is 2.35. The van der Waals surface area contributed by atoms with E-state index in [0.717, 1.165) is 36.5 Å². The predicted molar refractivity (Wildman–Crippen MR) is 120 cm³/mol. The van der Waals surface area contributed by atoms with E-state index in [1.54, 1.807) is 6.08 Å². The molecule has 152 valence electrons. The van der Waals surface area contributed by atoms with Crippen molar-refractivity contribution in [1.29, 1.82) is 0 Å². The molecule has 0 saturated heterocycles. The van der Waals surface area contributed by atoms with Crippen molar-refractivity contribution in [1.82, 2.24) is 0 Å². The van der Waals surface area contributed by atoms with Crippen molar-refractivity contribution in [3.63, 3.8) is 0 Å². The second-order valence-corrected chi connectivity index (χ2v) is 6.39. The fraction of sp³-hybridized carbons (Fsp3) is 0.333. The first-order valence-electron chi connectivity index (χ1n) is 9.44. The van der Waals surface area contributed by atoms with E-state index in [2.05, 4.69) is 25.2 Å². The number of carboxylic acids is 1. The Hall–Kier alpha value is -2.88. The first-order chi connectivity index (χ1) is 13.4. The number of carbonyl (C=O) groups excluding carboxylic acids is 1. The molecule has 0 atom stereocenters. The largest absolute Gasteiger partial charge is 0.478 e. The van der Waals surface area contributed by atoms with Crippen molar-refractivity contribution in [2.24, 2.45) is 0 Å². The van der Waals surface area contributed by atoms with Gasteiger partial charge in [-0.3, -0.25) is 0 Å². The number of hydrogen-bond donors (Lipinski definition) is 2. The molecule has 0 spiro atoms. The van der Waals surface area contributed by atoms with Gasteiger partial charge in [-0.15, -0.1) is 0 Å². The van der Waals surface area contributed by atoms with Crippen molar-refractivity contribution in [2.45, 2.75) is 47.0 Å². The second kappa shape index (κ2) is 15.2. The van der Waals surface area contributed by atoms with E-state index in [9.17, 15) is 9.59 Å². The Bertz CT molecular complexity index is 736. The third-order valence-corrected chi connectivity index (χ3v) is 3.85. The van der Waals surface area contributed by atoms with Gasteiger partial charge in [0.15, 0.2) is 0 Å². The van der Waals surface area contributed by atoms with E-state index < -0.39 is 5.97 Å². The van der Waals surface area contributed by atoms with Gasteiger partial charge in [0.1, 0.15) is 6.29 Å². The van der Waals surface area contributed by atoms with E-state index in [4.69, 9.17) is 5.11 Å². The second-order valence-electron chi connectivity index (χ2n) is 6.39. The summed E-state index contributed by atoms with van der Waals surface area (Å²) < 4.78 is 0. The number of rotatable bonds is 9. The lowest BCUT2D eigenvalue weighted by Crippen LogP contribution is -1.95. The van der Waals surface area contributed by atoms with Crippen LogP contribution < -0.4 is 5.32 Å². The molecule has 0 fully saturated rings. The van der Waals surface area contributed by atoms with Crippen LogP contribution in [-0.2, 0) is 16.0 Å².